The first-order valence-electron chi connectivity index (χ1n) is 6.45. The van der Waals surface area contributed by atoms with Crippen LogP contribution >= 0.6 is 0 Å². The van der Waals surface area contributed by atoms with E-state index in [0.717, 1.165) is 5.56 Å². The number of nitrogens with zero attached hydrogens (tertiary/aromatic N) is 1. The minimum absolute atomic E-state index is 0.0693. The van der Waals surface area contributed by atoms with Gasteiger partial charge >= 0.3 is 0 Å². The molecule has 0 bridgehead atoms. The van der Waals surface area contributed by atoms with Gasteiger partial charge in [-0.15, -0.1) is 0 Å². The fraction of sp³-hybridized carbons (Fsp3) is 0.429. The van der Waals surface area contributed by atoms with Gasteiger partial charge in [-0.2, -0.15) is 0 Å². The molecule has 0 aliphatic carbocycles. The van der Waals surface area contributed by atoms with Crippen LogP contribution in [0.15, 0.2) is 24.3 Å². The third kappa shape index (κ3) is 2.76. The molecule has 5 nitrogen and oxygen atoms in total. The molecular weight excluding hydrogens is 244 g/mol. The van der Waals surface area contributed by atoms with Crippen molar-refractivity contribution in [2.24, 2.45) is 0 Å². The van der Waals surface area contributed by atoms with Crippen LogP contribution in [0.4, 0.5) is 5.69 Å². The lowest BCUT2D eigenvalue weighted by molar-refractivity contribution is -0.135. The van der Waals surface area contributed by atoms with Crippen molar-refractivity contribution >= 4 is 17.5 Å². The van der Waals surface area contributed by atoms with Crippen LogP contribution in [0.1, 0.15) is 24.8 Å². The molecule has 1 heterocycles. The summed E-state index contributed by atoms with van der Waals surface area (Å²) in [6, 6.07) is 7.36. The lowest BCUT2D eigenvalue weighted by Crippen LogP contribution is -2.39. The fourth-order valence-electron chi connectivity index (χ4n) is 2.40. The number of hydrogen-bond donors (Lipinski definition) is 2. The number of nitrogens with one attached hydrogen (secondary N) is 1. The van der Waals surface area contributed by atoms with Gasteiger partial charge in [0.2, 0.25) is 11.8 Å². The van der Waals surface area contributed by atoms with E-state index in [0.29, 0.717) is 18.8 Å². The molecule has 1 aromatic carbocycles. The number of aliphatic hydroxyl groups is 1. The lowest BCUT2D eigenvalue weighted by atomic mass is 9.89. The van der Waals surface area contributed by atoms with Gasteiger partial charge in [0.1, 0.15) is 0 Å². The van der Waals surface area contributed by atoms with Crippen molar-refractivity contribution in [2.45, 2.75) is 19.3 Å². The van der Waals surface area contributed by atoms with Crippen LogP contribution in [0.25, 0.3) is 0 Å². The van der Waals surface area contributed by atoms with Crippen molar-refractivity contribution in [1.29, 1.82) is 0 Å². The van der Waals surface area contributed by atoms with Gasteiger partial charge < -0.3 is 15.3 Å². The molecule has 1 aliphatic heterocycles. The van der Waals surface area contributed by atoms with E-state index in [9.17, 15) is 9.59 Å². The summed E-state index contributed by atoms with van der Waals surface area (Å²) < 4.78 is 0. The second-order valence-electron chi connectivity index (χ2n) is 4.53. The molecule has 2 rings (SSSR count). The maximum absolute atomic E-state index is 12.5. The zero-order valence-corrected chi connectivity index (χ0v) is 10.9. The Balaban J connectivity index is 2.29. The largest absolute Gasteiger partial charge is 0.395 e. The summed E-state index contributed by atoms with van der Waals surface area (Å²) in [6.45, 7) is 2.62. The van der Waals surface area contributed by atoms with E-state index in [-0.39, 0.29) is 24.8 Å². The summed E-state index contributed by atoms with van der Waals surface area (Å²) in [7, 11) is 0. The summed E-state index contributed by atoms with van der Waals surface area (Å²) in [5, 5.41) is 11.8. The highest BCUT2D eigenvalue weighted by molar-refractivity contribution is 6.01. The van der Waals surface area contributed by atoms with E-state index in [1.165, 1.54) is 0 Å². The minimum Gasteiger partial charge on any atom is -0.395 e. The molecule has 1 aromatic rings. The fourth-order valence-corrected chi connectivity index (χ4v) is 2.40. The molecule has 19 heavy (non-hydrogen) atoms. The molecule has 2 amide bonds. The van der Waals surface area contributed by atoms with Gasteiger partial charge in [-0.05, 0) is 18.6 Å². The zero-order valence-electron chi connectivity index (χ0n) is 10.9. The number of carbonyl (C=O) groups is 2. The number of rotatable bonds is 4. The number of likely N-dealkylation sites (N-methyl/N-ethyl adjacent to an activating group) is 1. The molecule has 1 unspecified atom stereocenters. The summed E-state index contributed by atoms with van der Waals surface area (Å²) >= 11 is 0. The average molecular weight is 262 g/mol. The smallest absolute Gasteiger partial charge is 0.230 e. The molecule has 0 saturated heterocycles. The molecule has 1 atom stereocenters. The topological polar surface area (TPSA) is 69.6 Å². The Morgan fingerprint density at radius 2 is 2.21 bits per heavy atom. The van der Waals surface area contributed by atoms with Gasteiger partial charge in [0.15, 0.2) is 0 Å². The number of benzene rings is 1. The van der Waals surface area contributed by atoms with Crippen molar-refractivity contribution in [3.8, 4) is 0 Å². The van der Waals surface area contributed by atoms with Gasteiger partial charge in [0.25, 0.3) is 0 Å². The number of anilines is 1. The molecule has 5 heteroatoms. The maximum atomic E-state index is 12.5. The predicted octanol–water partition coefficient (Wildman–Crippen LogP) is 0.953. The second-order valence-corrected chi connectivity index (χ2v) is 4.53. The summed E-state index contributed by atoms with van der Waals surface area (Å²) in [6.07, 6.45) is 0.164. The van der Waals surface area contributed by atoms with E-state index >= 15 is 0 Å². The molecule has 0 saturated carbocycles. The zero-order chi connectivity index (χ0) is 13.8. The van der Waals surface area contributed by atoms with Gasteiger partial charge in [-0.25, -0.2) is 0 Å². The van der Waals surface area contributed by atoms with Crippen LogP contribution in [0.2, 0.25) is 0 Å². The van der Waals surface area contributed by atoms with Crippen LogP contribution in [0.3, 0.4) is 0 Å². The summed E-state index contributed by atoms with van der Waals surface area (Å²) in [5.41, 5.74) is 1.56. The van der Waals surface area contributed by atoms with E-state index in [2.05, 4.69) is 5.32 Å². The van der Waals surface area contributed by atoms with Crippen molar-refractivity contribution in [3.05, 3.63) is 29.8 Å². The normalized spacial score (nSPS) is 17.6. The molecule has 0 aromatic heterocycles. The Bertz CT molecular complexity index is 487. The minimum atomic E-state index is -0.448. The third-order valence-electron chi connectivity index (χ3n) is 3.36. The second kappa shape index (κ2) is 5.84. The first-order chi connectivity index (χ1) is 9.17. The highest BCUT2D eigenvalue weighted by Gasteiger charge is 2.32. The highest BCUT2D eigenvalue weighted by atomic mass is 16.3. The molecular formula is C14H18N2O3. The van der Waals surface area contributed by atoms with Gasteiger partial charge in [-0.1, -0.05) is 18.2 Å². The van der Waals surface area contributed by atoms with Crippen LogP contribution in [0.5, 0.6) is 0 Å². The van der Waals surface area contributed by atoms with Crippen LogP contribution in [0, 0.1) is 0 Å². The first kappa shape index (κ1) is 13.5. The number of fused-ring (bicyclic) bond motifs is 1. The van der Waals surface area contributed by atoms with E-state index in [1.807, 2.05) is 25.1 Å². The molecule has 2 N–H and O–H groups in total. The molecule has 102 valence electrons. The van der Waals surface area contributed by atoms with Crippen LogP contribution in [-0.4, -0.2) is 41.5 Å². The van der Waals surface area contributed by atoms with Crippen molar-refractivity contribution < 1.29 is 14.7 Å². The van der Waals surface area contributed by atoms with Gasteiger partial charge in [0.05, 0.1) is 12.5 Å². The van der Waals surface area contributed by atoms with E-state index in [4.69, 9.17) is 5.11 Å². The number of aliphatic hydroxyl groups excluding tert-OH is 1. The number of hydrogen-bond acceptors (Lipinski definition) is 3. The Morgan fingerprint density at radius 3 is 2.89 bits per heavy atom. The Hall–Kier alpha value is -1.88. The molecule has 0 fully saturated rings. The molecule has 0 spiro atoms. The number of para-hydroxylation sites is 1. The summed E-state index contributed by atoms with van der Waals surface area (Å²) in [5.74, 6) is -0.688. The lowest BCUT2D eigenvalue weighted by Gasteiger charge is -2.29. The van der Waals surface area contributed by atoms with Crippen molar-refractivity contribution in [3.63, 3.8) is 0 Å². The maximum Gasteiger partial charge on any atom is 0.230 e. The Labute approximate surface area is 112 Å². The first-order valence-corrected chi connectivity index (χ1v) is 6.45. The standard InChI is InChI=1S/C14H18N2O3/c1-2-16(7-8-17)14(19)11-9-13(18)15-12-6-4-3-5-10(11)12/h3-6,11,17H,2,7-9H2,1H3,(H,15,18). The van der Waals surface area contributed by atoms with Gasteiger partial charge in [0, 0.05) is 25.2 Å². The highest BCUT2D eigenvalue weighted by Crippen LogP contribution is 2.33. The SMILES string of the molecule is CCN(CCO)C(=O)C1CC(=O)Nc2ccccc21. The quantitative estimate of drug-likeness (QED) is 0.849. The van der Waals surface area contributed by atoms with Gasteiger partial charge in [-0.3, -0.25) is 9.59 Å². The molecule has 0 radical (unpaired) electrons. The summed E-state index contributed by atoms with van der Waals surface area (Å²) in [4.78, 5) is 25.7. The average Bonchev–Trinajstić information content (AvgIpc) is 2.43. The number of carbonyl (C=O) groups excluding carboxylic acids is 2. The monoisotopic (exact) mass is 262 g/mol. The van der Waals surface area contributed by atoms with E-state index < -0.39 is 5.92 Å². The number of amides is 2. The van der Waals surface area contributed by atoms with Crippen molar-refractivity contribution in [2.75, 3.05) is 25.0 Å². The third-order valence-corrected chi connectivity index (χ3v) is 3.36. The van der Waals surface area contributed by atoms with Crippen molar-refractivity contribution in [1.82, 2.24) is 4.90 Å². The van der Waals surface area contributed by atoms with Crippen LogP contribution in [-0.2, 0) is 9.59 Å². The Kier molecular flexibility index (Phi) is 4.16. The Morgan fingerprint density at radius 1 is 1.47 bits per heavy atom. The molecule has 1 aliphatic rings. The van der Waals surface area contributed by atoms with E-state index in [1.54, 1.807) is 11.0 Å². The van der Waals surface area contributed by atoms with Crippen LogP contribution < -0.4 is 5.32 Å². The predicted molar refractivity (Wildman–Crippen MR) is 71.8 cm³/mol.